The van der Waals surface area contributed by atoms with E-state index in [9.17, 15) is 13.2 Å². The predicted octanol–water partition coefficient (Wildman–Crippen LogP) is 2.86. The van der Waals surface area contributed by atoms with Crippen molar-refractivity contribution < 1.29 is 17.9 Å². The molecule has 1 aromatic carbocycles. The van der Waals surface area contributed by atoms with Crippen LogP contribution in [-0.4, -0.2) is 53.9 Å². The normalized spacial score (nSPS) is 18.7. The molecule has 0 radical (unpaired) electrons. The van der Waals surface area contributed by atoms with Gasteiger partial charge in [-0.25, -0.2) is 13.2 Å². The van der Waals surface area contributed by atoms with Crippen molar-refractivity contribution in [3.8, 4) is 0 Å². The second-order valence-corrected chi connectivity index (χ2v) is 9.18. The first-order chi connectivity index (χ1) is 12.4. The monoisotopic (exact) mass is 380 g/mol. The van der Waals surface area contributed by atoms with E-state index in [2.05, 4.69) is 9.80 Å². The molecule has 3 rings (SSSR count). The summed E-state index contributed by atoms with van der Waals surface area (Å²) in [6.45, 7) is 3.45. The number of hydrogen-bond acceptors (Lipinski definition) is 6. The van der Waals surface area contributed by atoms with Crippen molar-refractivity contribution >= 4 is 27.2 Å². The molecule has 0 amide bonds. The van der Waals surface area contributed by atoms with Crippen LogP contribution in [0.2, 0.25) is 0 Å². The lowest BCUT2D eigenvalue weighted by molar-refractivity contribution is 0.0601. The summed E-state index contributed by atoms with van der Waals surface area (Å²) >= 11 is 0. The number of piperidine rings is 2. The fraction of sp³-hybridized carbons (Fsp3) is 0.632. The second-order valence-electron chi connectivity index (χ2n) is 7.20. The molecule has 2 aliphatic rings. The Balaban J connectivity index is 2.16. The van der Waals surface area contributed by atoms with Crippen LogP contribution in [0.15, 0.2) is 17.0 Å². The van der Waals surface area contributed by atoms with E-state index in [0.717, 1.165) is 63.2 Å². The number of carbonyl (C=O) groups excluding carboxylic acids is 1. The van der Waals surface area contributed by atoms with E-state index in [-0.39, 0.29) is 4.90 Å². The maximum atomic E-state index is 12.5. The topological polar surface area (TPSA) is 66.9 Å². The van der Waals surface area contributed by atoms with Gasteiger partial charge in [-0.05, 0) is 50.7 Å². The maximum absolute atomic E-state index is 12.5. The van der Waals surface area contributed by atoms with Crippen LogP contribution in [0.25, 0.3) is 0 Å². The van der Waals surface area contributed by atoms with E-state index in [1.807, 2.05) is 6.07 Å². The fourth-order valence-corrected chi connectivity index (χ4v) is 4.81. The number of rotatable bonds is 4. The summed E-state index contributed by atoms with van der Waals surface area (Å²) in [6, 6.07) is 3.42. The van der Waals surface area contributed by atoms with Crippen molar-refractivity contribution in [2.75, 3.05) is 49.3 Å². The highest BCUT2D eigenvalue weighted by molar-refractivity contribution is 7.90. The van der Waals surface area contributed by atoms with Crippen LogP contribution in [0.3, 0.4) is 0 Å². The van der Waals surface area contributed by atoms with Gasteiger partial charge in [-0.2, -0.15) is 0 Å². The standard InChI is InChI=1S/C19H28N2O4S/c1-25-19(22)15-13-18(26(2,23)24)17(21-11-7-4-8-12-21)14-16(15)20-9-5-3-6-10-20/h13-14H,3-12H2,1-2H3. The van der Waals surface area contributed by atoms with Crippen LogP contribution in [0.4, 0.5) is 11.4 Å². The molecular formula is C19H28N2O4S. The maximum Gasteiger partial charge on any atom is 0.340 e. The van der Waals surface area contributed by atoms with E-state index in [1.165, 1.54) is 32.3 Å². The number of hydrogen-bond donors (Lipinski definition) is 0. The zero-order valence-electron chi connectivity index (χ0n) is 15.7. The van der Waals surface area contributed by atoms with Gasteiger partial charge >= 0.3 is 5.97 Å². The summed E-state index contributed by atoms with van der Waals surface area (Å²) in [5, 5.41) is 0. The molecule has 0 aliphatic carbocycles. The van der Waals surface area contributed by atoms with E-state index in [4.69, 9.17) is 4.74 Å². The number of esters is 1. The SMILES string of the molecule is COC(=O)c1cc(S(C)(=O)=O)c(N2CCCCC2)cc1N1CCCCC1. The Hall–Kier alpha value is -1.76. The van der Waals surface area contributed by atoms with Crippen LogP contribution >= 0.6 is 0 Å². The average Bonchev–Trinajstić information content (AvgIpc) is 2.67. The molecule has 7 heteroatoms. The molecule has 2 aliphatic heterocycles. The Bertz CT molecular complexity index is 764. The lowest BCUT2D eigenvalue weighted by atomic mass is 10.0. The minimum Gasteiger partial charge on any atom is -0.465 e. The summed E-state index contributed by atoms with van der Waals surface area (Å²) in [5.74, 6) is -0.485. The number of benzene rings is 1. The molecule has 0 unspecified atom stereocenters. The number of nitrogens with zero attached hydrogens (tertiary/aromatic N) is 2. The molecule has 26 heavy (non-hydrogen) atoms. The average molecular weight is 381 g/mol. The molecule has 0 aromatic heterocycles. The lowest BCUT2D eigenvalue weighted by Gasteiger charge is -2.34. The highest BCUT2D eigenvalue weighted by atomic mass is 32.2. The Kier molecular flexibility index (Phi) is 5.75. The largest absolute Gasteiger partial charge is 0.465 e. The Labute approximate surface area is 156 Å². The number of sulfone groups is 1. The van der Waals surface area contributed by atoms with Gasteiger partial charge in [-0.3, -0.25) is 0 Å². The number of carbonyl (C=O) groups is 1. The molecular weight excluding hydrogens is 352 g/mol. The van der Waals surface area contributed by atoms with Crippen LogP contribution in [-0.2, 0) is 14.6 Å². The van der Waals surface area contributed by atoms with Gasteiger partial charge in [0.1, 0.15) is 0 Å². The molecule has 2 heterocycles. The van der Waals surface area contributed by atoms with Crippen molar-refractivity contribution in [1.29, 1.82) is 0 Å². The minimum atomic E-state index is -3.46. The van der Waals surface area contributed by atoms with E-state index in [0.29, 0.717) is 5.56 Å². The predicted molar refractivity (Wildman–Crippen MR) is 103 cm³/mol. The summed E-state index contributed by atoms with van der Waals surface area (Å²) in [7, 11) is -2.13. The molecule has 0 N–H and O–H groups in total. The quantitative estimate of drug-likeness (QED) is 0.749. The van der Waals surface area contributed by atoms with Crippen molar-refractivity contribution in [2.24, 2.45) is 0 Å². The Morgan fingerprint density at radius 1 is 0.885 bits per heavy atom. The van der Waals surface area contributed by atoms with Crippen LogP contribution < -0.4 is 9.80 Å². The van der Waals surface area contributed by atoms with Gasteiger partial charge in [-0.15, -0.1) is 0 Å². The first-order valence-electron chi connectivity index (χ1n) is 9.38. The minimum absolute atomic E-state index is 0.223. The van der Waals surface area contributed by atoms with Crippen molar-refractivity contribution in [3.63, 3.8) is 0 Å². The summed E-state index contributed by atoms with van der Waals surface area (Å²) < 4.78 is 29.9. The molecule has 0 atom stereocenters. The highest BCUT2D eigenvalue weighted by Crippen LogP contribution is 2.36. The number of anilines is 2. The van der Waals surface area contributed by atoms with Crippen LogP contribution in [0.5, 0.6) is 0 Å². The smallest absolute Gasteiger partial charge is 0.340 e. The lowest BCUT2D eigenvalue weighted by Crippen LogP contribution is -2.33. The van der Waals surface area contributed by atoms with Gasteiger partial charge in [-0.1, -0.05) is 0 Å². The van der Waals surface area contributed by atoms with Crippen molar-refractivity contribution in [1.82, 2.24) is 0 Å². The first-order valence-corrected chi connectivity index (χ1v) is 11.3. The fourth-order valence-electron chi connectivity index (χ4n) is 3.91. The molecule has 0 bridgehead atoms. The van der Waals surface area contributed by atoms with Crippen LogP contribution in [0.1, 0.15) is 48.9 Å². The van der Waals surface area contributed by atoms with Gasteiger partial charge in [0.15, 0.2) is 9.84 Å². The third-order valence-electron chi connectivity index (χ3n) is 5.28. The summed E-state index contributed by atoms with van der Waals surface area (Å²) in [6.07, 6.45) is 7.83. The third-order valence-corrected chi connectivity index (χ3v) is 6.40. The molecule has 2 fully saturated rings. The van der Waals surface area contributed by atoms with Crippen LogP contribution in [0, 0.1) is 0 Å². The Morgan fingerprint density at radius 3 is 1.85 bits per heavy atom. The molecule has 6 nitrogen and oxygen atoms in total. The van der Waals surface area contributed by atoms with Crippen molar-refractivity contribution in [3.05, 3.63) is 17.7 Å². The molecule has 1 aromatic rings. The molecule has 0 spiro atoms. The van der Waals surface area contributed by atoms with Crippen molar-refractivity contribution in [2.45, 2.75) is 43.4 Å². The van der Waals surface area contributed by atoms with E-state index in [1.54, 1.807) is 0 Å². The number of ether oxygens (including phenoxy) is 1. The summed E-state index contributed by atoms with van der Waals surface area (Å²) in [4.78, 5) is 16.9. The van der Waals surface area contributed by atoms with E-state index < -0.39 is 15.8 Å². The van der Waals surface area contributed by atoms with Gasteiger partial charge in [0.2, 0.25) is 0 Å². The molecule has 2 saturated heterocycles. The third kappa shape index (κ3) is 3.98. The van der Waals surface area contributed by atoms with E-state index >= 15 is 0 Å². The molecule has 0 saturated carbocycles. The van der Waals surface area contributed by atoms with Gasteiger partial charge in [0.05, 0.1) is 28.9 Å². The van der Waals surface area contributed by atoms with Gasteiger partial charge in [0.25, 0.3) is 0 Å². The number of methoxy groups -OCH3 is 1. The van der Waals surface area contributed by atoms with Gasteiger partial charge < -0.3 is 14.5 Å². The highest BCUT2D eigenvalue weighted by Gasteiger charge is 2.27. The second kappa shape index (κ2) is 7.86. The zero-order valence-corrected chi connectivity index (χ0v) is 16.5. The first kappa shape index (κ1) is 19.0. The zero-order chi connectivity index (χ0) is 18.7. The van der Waals surface area contributed by atoms with Gasteiger partial charge in [0, 0.05) is 32.4 Å². The Morgan fingerprint density at radius 2 is 1.38 bits per heavy atom. The summed E-state index contributed by atoms with van der Waals surface area (Å²) in [5.41, 5.74) is 1.86. The molecule has 144 valence electrons.